The molecule has 4 rings (SSSR count). The van der Waals surface area contributed by atoms with Gasteiger partial charge in [0.05, 0.1) is 22.8 Å². The summed E-state index contributed by atoms with van der Waals surface area (Å²) in [5.74, 6) is -1.05. The van der Waals surface area contributed by atoms with E-state index in [0.29, 0.717) is 11.1 Å². The summed E-state index contributed by atoms with van der Waals surface area (Å²) in [4.78, 5) is 11.5. The maximum Gasteiger partial charge on any atom is 0.239 e. The second-order valence-electron chi connectivity index (χ2n) is 7.76. The number of piperidine rings is 1. The Labute approximate surface area is 185 Å². The van der Waals surface area contributed by atoms with Crippen LogP contribution < -0.4 is 15.8 Å². The van der Waals surface area contributed by atoms with Crippen LogP contribution in [0.1, 0.15) is 25.8 Å². The fraction of sp³-hybridized carbons (Fsp3) is 0.273. The third kappa shape index (κ3) is 4.43. The van der Waals surface area contributed by atoms with Crippen LogP contribution in [0.15, 0.2) is 53.7 Å². The average Bonchev–Trinajstić information content (AvgIpc) is 3.24. The van der Waals surface area contributed by atoms with Crippen LogP contribution in [-0.2, 0) is 14.8 Å². The smallest absolute Gasteiger partial charge is 0.239 e. The zero-order chi connectivity index (χ0) is 22.9. The number of nitrogens with zero attached hydrogens (tertiary/aromatic N) is 2. The summed E-state index contributed by atoms with van der Waals surface area (Å²) in [6.45, 7) is 3.05. The minimum Gasteiger partial charge on any atom is -0.326 e. The maximum atomic E-state index is 14.8. The van der Waals surface area contributed by atoms with Crippen LogP contribution in [0.25, 0.3) is 22.3 Å². The molecule has 0 saturated carbocycles. The van der Waals surface area contributed by atoms with Crippen molar-refractivity contribution < 1.29 is 17.6 Å². The molecule has 0 bridgehead atoms. The van der Waals surface area contributed by atoms with Crippen molar-refractivity contribution in [3.63, 3.8) is 0 Å². The molecule has 1 aromatic heterocycles. The largest absolute Gasteiger partial charge is 0.326 e. The minimum atomic E-state index is -4.32. The molecule has 1 aliphatic heterocycles. The van der Waals surface area contributed by atoms with Crippen molar-refractivity contribution in [2.75, 3.05) is 18.4 Å². The number of nitrogens with two attached hydrogens (primary N) is 1. The van der Waals surface area contributed by atoms with E-state index < -0.39 is 21.7 Å². The predicted molar refractivity (Wildman–Crippen MR) is 120 cm³/mol. The fourth-order valence-electron chi connectivity index (χ4n) is 4.08. The SMILES string of the molecule is CC(=O)Nc1ccc(-c2cnn(C3CCNCC3)c2)c(S(N)(=O)=O)c1-c1ccccc1F. The molecule has 2 heterocycles. The highest BCUT2D eigenvalue weighted by Crippen LogP contribution is 2.41. The van der Waals surface area contributed by atoms with Crippen LogP contribution in [0.5, 0.6) is 0 Å². The summed E-state index contributed by atoms with van der Waals surface area (Å²) in [5, 5.41) is 16.0. The molecule has 0 atom stereocenters. The Bertz CT molecular complexity index is 1270. The molecule has 2 aromatic carbocycles. The highest BCUT2D eigenvalue weighted by molar-refractivity contribution is 7.89. The number of halogens is 1. The normalized spacial score (nSPS) is 15.0. The zero-order valence-corrected chi connectivity index (χ0v) is 18.3. The molecule has 0 spiro atoms. The summed E-state index contributed by atoms with van der Waals surface area (Å²) >= 11 is 0. The zero-order valence-electron chi connectivity index (χ0n) is 17.5. The number of sulfonamides is 1. The fourth-order valence-corrected chi connectivity index (χ4v) is 5.08. The molecule has 3 aromatic rings. The van der Waals surface area contributed by atoms with Crippen molar-refractivity contribution in [3.05, 3.63) is 54.6 Å². The second kappa shape index (κ2) is 8.81. The third-order valence-corrected chi connectivity index (χ3v) is 6.48. The number of amides is 1. The first-order chi connectivity index (χ1) is 15.3. The molecule has 1 aliphatic rings. The van der Waals surface area contributed by atoms with E-state index in [4.69, 9.17) is 5.14 Å². The highest BCUT2D eigenvalue weighted by atomic mass is 32.2. The van der Waals surface area contributed by atoms with E-state index in [1.807, 2.05) is 4.68 Å². The van der Waals surface area contributed by atoms with E-state index >= 15 is 0 Å². The van der Waals surface area contributed by atoms with Crippen LogP contribution >= 0.6 is 0 Å². The summed E-state index contributed by atoms with van der Waals surface area (Å²) in [7, 11) is -4.32. The van der Waals surface area contributed by atoms with Crippen molar-refractivity contribution in [2.24, 2.45) is 5.14 Å². The first-order valence-electron chi connectivity index (χ1n) is 10.2. The highest BCUT2D eigenvalue weighted by Gasteiger charge is 2.27. The number of carbonyl (C=O) groups is 1. The van der Waals surface area contributed by atoms with Crippen molar-refractivity contribution in [3.8, 4) is 22.3 Å². The Hall–Kier alpha value is -3.08. The van der Waals surface area contributed by atoms with Gasteiger partial charge in [-0.05, 0) is 38.1 Å². The van der Waals surface area contributed by atoms with Crippen molar-refractivity contribution in [2.45, 2.75) is 30.7 Å². The number of rotatable bonds is 5. The Kier molecular flexibility index (Phi) is 6.09. The van der Waals surface area contributed by atoms with E-state index in [9.17, 15) is 17.6 Å². The first-order valence-corrected chi connectivity index (χ1v) is 11.8. The quantitative estimate of drug-likeness (QED) is 0.544. The van der Waals surface area contributed by atoms with Gasteiger partial charge in [0, 0.05) is 35.4 Å². The monoisotopic (exact) mass is 457 g/mol. The molecular formula is C22H24FN5O3S. The van der Waals surface area contributed by atoms with Gasteiger partial charge in [-0.3, -0.25) is 9.48 Å². The lowest BCUT2D eigenvalue weighted by Gasteiger charge is -2.22. The third-order valence-electron chi connectivity index (χ3n) is 5.49. The number of hydrogen-bond acceptors (Lipinski definition) is 5. The summed E-state index contributed by atoms with van der Waals surface area (Å²) < 4.78 is 42.2. The van der Waals surface area contributed by atoms with Gasteiger partial charge in [0.25, 0.3) is 0 Å². The molecule has 0 unspecified atom stereocenters. The lowest BCUT2D eigenvalue weighted by Crippen LogP contribution is -2.29. The van der Waals surface area contributed by atoms with Gasteiger partial charge >= 0.3 is 0 Å². The summed E-state index contributed by atoms with van der Waals surface area (Å²) in [5.41, 5.74) is 1.02. The number of anilines is 1. The van der Waals surface area contributed by atoms with Crippen LogP contribution in [0.2, 0.25) is 0 Å². The Morgan fingerprint density at radius 3 is 2.56 bits per heavy atom. The predicted octanol–water partition coefficient (Wildman–Crippen LogP) is 2.89. The van der Waals surface area contributed by atoms with Gasteiger partial charge < -0.3 is 10.6 Å². The summed E-state index contributed by atoms with van der Waals surface area (Å²) in [6.07, 6.45) is 5.18. The standard InChI is InChI=1S/C22H24FN5O3S/c1-14(29)27-20-7-6-17(15-12-26-28(13-15)16-8-10-25-11-9-16)22(32(24,30)31)21(20)18-4-2-3-5-19(18)23/h2-7,12-13,16,25H,8-11H2,1H3,(H,27,29)(H2,24,30,31). The summed E-state index contributed by atoms with van der Waals surface area (Å²) in [6, 6.07) is 9.07. The molecular weight excluding hydrogens is 433 g/mol. The van der Waals surface area contributed by atoms with Gasteiger partial charge in [0.2, 0.25) is 15.9 Å². The number of aromatic nitrogens is 2. The minimum absolute atomic E-state index is 0.00733. The van der Waals surface area contributed by atoms with Crippen LogP contribution in [-0.4, -0.2) is 37.2 Å². The molecule has 1 saturated heterocycles. The molecule has 1 fully saturated rings. The van der Waals surface area contributed by atoms with Gasteiger partial charge in [-0.1, -0.05) is 24.3 Å². The molecule has 8 nitrogen and oxygen atoms in total. The van der Waals surface area contributed by atoms with Crippen molar-refractivity contribution in [1.29, 1.82) is 0 Å². The van der Waals surface area contributed by atoms with Crippen molar-refractivity contribution in [1.82, 2.24) is 15.1 Å². The number of primary sulfonamides is 1. The van der Waals surface area contributed by atoms with E-state index in [1.165, 1.54) is 25.1 Å². The number of hydrogen-bond donors (Lipinski definition) is 3. The van der Waals surface area contributed by atoms with Gasteiger partial charge in [0.15, 0.2) is 0 Å². The van der Waals surface area contributed by atoms with Crippen LogP contribution in [0.4, 0.5) is 10.1 Å². The number of benzene rings is 2. The Morgan fingerprint density at radius 2 is 1.91 bits per heavy atom. The molecule has 168 valence electrons. The number of nitrogens with one attached hydrogen (secondary N) is 2. The molecule has 4 N–H and O–H groups in total. The van der Waals surface area contributed by atoms with E-state index in [1.54, 1.807) is 30.6 Å². The van der Waals surface area contributed by atoms with Crippen LogP contribution in [0, 0.1) is 5.82 Å². The van der Waals surface area contributed by atoms with Gasteiger partial charge in [-0.2, -0.15) is 5.10 Å². The van der Waals surface area contributed by atoms with Gasteiger partial charge in [0.1, 0.15) is 5.82 Å². The Morgan fingerprint density at radius 1 is 1.19 bits per heavy atom. The number of carbonyl (C=O) groups excluding carboxylic acids is 1. The first kappa shape index (κ1) is 22.1. The second-order valence-corrected chi connectivity index (χ2v) is 9.26. The van der Waals surface area contributed by atoms with E-state index in [-0.39, 0.29) is 27.8 Å². The van der Waals surface area contributed by atoms with E-state index in [0.717, 1.165) is 25.9 Å². The Balaban J connectivity index is 1.95. The molecule has 10 heteroatoms. The average molecular weight is 458 g/mol. The molecule has 0 aliphatic carbocycles. The van der Waals surface area contributed by atoms with E-state index in [2.05, 4.69) is 15.7 Å². The molecule has 1 amide bonds. The maximum absolute atomic E-state index is 14.8. The topological polar surface area (TPSA) is 119 Å². The van der Waals surface area contributed by atoms with Crippen LogP contribution in [0.3, 0.4) is 0 Å². The molecule has 0 radical (unpaired) electrons. The molecule has 32 heavy (non-hydrogen) atoms. The van der Waals surface area contributed by atoms with Crippen molar-refractivity contribution >= 4 is 21.6 Å². The lowest BCUT2D eigenvalue weighted by atomic mass is 9.97. The van der Waals surface area contributed by atoms with Gasteiger partial charge in [-0.25, -0.2) is 17.9 Å². The van der Waals surface area contributed by atoms with Gasteiger partial charge in [-0.15, -0.1) is 0 Å². The lowest BCUT2D eigenvalue weighted by molar-refractivity contribution is -0.114.